The number of nitrogens with zero attached hydrogens (tertiary/aromatic N) is 1. The molecule has 1 nitrogen and oxygen atoms in total. The summed E-state index contributed by atoms with van der Waals surface area (Å²) >= 11 is 0. The molecule has 0 atom stereocenters. The Balaban J connectivity index is 1.19. The summed E-state index contributed by atoms with van der Waals surface area (Å²) in [4.78, 5) is 2.53. The van der Waals surface area contributed by atoms with Gasteiger partial charge in [0.15, 0.2) is 0 Å². The van der Waals surface area contributed by atoms with E-state index in [4.69, 9.17) is 0 Å². The second kappa shape index (κ2) is 13.3. The fraction of sp³-hybridized carbons (Fsp3) is 0.103. The predicted octanol–water partition coefficient (Wildman–Crippen LogP) is 15.9. The lowest BCUT2D eigenvalue weighted by Gasteiger charge is -2.32. The van der Waals surface area contributed by atoms with Crippen molar-refractivity contribution in [3.05, 3.63) is 222 Å². The van der Waals surface area contributed by atoms with Crippen LogP contribution in [0.4, 0.5) is 17.1 Å². The topological polar surface area (TPSA) is 3.24 Å². The van der Waals surface area contributed by atoms with Crippen molar-refractivity contribution < 1.29 is 0 Å². The van der Waals surface area contributed by atoms with Gasteiger partial charge in [-0.15, -0.1) is 0 Å². The maximum atomic E-state index is 2.53. The summed E-state index contributed by atoms with van der Waals surface area (Å²) < 4.78 is 0. The van der Waals surface area contributed by atoms with Crippen LogP contribution in [0.15, 0.2) is 200 Å². The third-order valence-corrected chi connectivity index (χ3v) is 13.3. The zero-order valence-electron chi connectivity index (χ0n) is 34.0. The average molecular weight is 756 g/mol. The maximum absolute atomic E-state index is 2.53. The highest BCUT2D eigenvalue weighted by atomic mass is 15.1. The van der Waals surface area contributed by atoms with Gasteiger partial charge in [0.2, 0.25) is 0 Å². The Labute approximate surface area is 347 Å². The molecule has 0 saturated heterocycles. The number of anilines is 3. The van der Waals surface area contributed by atoms with Gasteiger partial charge in [0.1, 0.15) is 0 Å². The number of rotatable bonds is 6. The molecular formula is C58H45N. The molecule has 2 aliphatic rings. The zero-order valence-corrected chi connectivity index (χ0v) is 34.0. The Kier molecular flexibility index (Phi) is 7.94. The number of benzene rings is 9. The van der Waals surface area contributed by atoms with Crippen LogP contribution in [0.2, 0.25) is 0 Å². The molecule has 0 heterocycles. The van der Waals surface area contributed by atoms with E-state index in [1.807, 2.05) is 0 Å². The molecule has 282 valence electrons. The Bertz CT molecular complexity index is 3110. The van der Waals surface area contributed by atoms with E-state index < -0.39 is 0 Å². The molecule has 2 aliphatic carbocycles. The quantitative estimate of drug-likeness (QED) is 0.163. The van der Waals surface area contributed by atoms with Gasteiger partial charge in [-0.2, -0.15) is 0 Å². The molecule has 0 aliphatic heterocycles. The summed E-state index contributed by atoms with van der Waals surface area (Å²) in [6.45, 7) is 9.48. The minimum absolute atomic E-state index is 0.0575. The molecule has 9 aromatic rings. The number of para-hydroxylation sites is 3. The van der Waals surface area contributed by atoms with Crippen molar-refractivity contribution in [3.63, 3.8) is 0 Å². The number of hydrogen-bond acceptors (Lipinski definition) is 1. The van der Waals surface area contributed by atoms with E-state index in [1.165, 1.54) is 88.7 Å². The van der Waals surface area contributed by atoms with Crippen molar-refractivity contribution in [2.24, 2.45) is 0 Å². The van der Waals surface area contributed by atoms with Gasteiger partial charge in [0, 0.05) is 27.5 Å². The van der Waals surface area contributed by atoms with Crippen LogP contribution >= 0.6 is 0 Å². The largest absolute Gasteiger partial charge is 0.309 e. The van der Waals surface area contributed by atoms with E-state index in [2.05, 4.69) is 233 Å². The normalized spacial score (nSPS) is 14.0. The second-order valence-corrected chi connectivity index (χ2v) is 17.2. The van der Waals surface area contributed by atoms with Crippen LogP contribution in [0.3, 0.4) is 0 Å². The zero-order chi connectivity index (χ0) is 39.9. The van der Waals surface area contributed by atoms with E-state index in [1.54, 1.807) is 0 Å². The molecule has 0 radical (unpaired) electrons. The second-order valence-electron chi connectivity index (χ2n) is 17.2. The maximum Gasteiger partial charge on any atom is 0.0540 e. The van der Waals surface area contributed by atoms with E-state index in [9.17, 15) is 0 Å². The van der Waals surface area contributed by atoms with Crippen LogP contribution in [0.1, 0.15) is 49.9 Å². The van der Waals surface area contributed by atoms with Gasteiger partial charge in [-0.05, 0) is 96.2 Å². The smallest absolute Gasteiger partial charge is 0.0540 e. The van der Waals surface area contributed by atoms with Gasteiger partial charge in [0.05, 0.1) is 17.1 Å². The van der Waals surface area contributed by atoms with Gasteiger partial charge in [-0.25, -0.2) is 0 Å². The Hall–Kier alpha value is -6.96. The highest BCUT2D eigenvalue weighted by Gasteiger charge is 2.39. The summed E-state index contributed by atoms with van der Waals surface area (Å²) in [5, 5.41) is 2.57. The molecule has 0 aromatic heterocycles. The third kappa shape index (κ3) is 5.31. The lowest BCUT2D eigenvalue weighted by Crippen LogP contribution is -2.15. The number of fused-ring (bicyclic) bond motifs is 8. The van der Waals surface area contributed by atoms with E-state index >= 15 is 0 Å². The molecule has 0 saturated carbocycles. The molecule has 0 amide bonds. The molecule has 0 fully saturated rings. The van der Waals surface area contributed by atoms with Crippen molar-refractivity contribution in [1.29, 1.82) is 0 Å². The molecule has 11 rings (SSSR count). The molecule has 9 aromatic carbocycles. The molecule has 59 heavy (non-hydrogen) atoms. The van der Waals surface area contributed by atoms with Crippen molar-refractivity contribution in [1.82, 2.24) is 0 Å². The summed E-state index contributed by atoms with van der Waals surface area (Å²) in [5.41, 5.74) is 21.3. The van der Waals surface area contributed by atoms with Crippen LogP contribution in [0, 0.1) is 0 Å². The first-order valence-corrected chi connectivity index (χ1v) is 20.9. The molecule has 1 heteroatoms. The van der Waals surface area contributed by atoms with Gasteiger partial charge in [-0.1, -0.05) is 204 Å². The lowest BCUT2D eigenvalue weighted by molar-refractivity contribution is 0.660. The van der Waals surface area contributed by atoms with Gasteiger partial charge >= 0.3 is 0 Å². The average Bonchev–Trinajstić information content (AvgIpc) is 3.67. The molecule has 0 unspecified atom stereocenters. The lowest BCUT2D eigenvalue weighted by atomic mass is 9.81. The first-order valence-electron chi connectivity index (χ1n) is 20.9. The van der Waals surface area contributed by atoms with Crippen molar-refractivity contribution in [2.75, 3.05) is 4.90 Å². The van der Waals surface area contributed by atoms with Crippen molar-refractivity contribution in [3.8, 4) is 55.6 Å². The first-order chi connectivity index (χ1) is 28.8. The van der Waals surface area contributed by atoms with Crippen molar-refractivity contribution in [2.45, 2.75) is 38.5 Å². The summed E-state index contributed by atoms with van der Waals surface area (Å²) in [7, 11) is 0. The van der Waals surface area contributed by atoms with Crippen LogP contribution < -0.4 is 4.90 Å². The minimum Gasteiger partial charge on any atom is -0.309 e. The summed E-state index contributed by atoms with van der Waals surface area (Å²) in [6, 6.07) is 74.3. The standard InChI is InChI=1S/C58H45N/c1-57(2)48-28-14-10-25-44(48)47-37-40(34-35-49(47)57)42-23-12-16-31-53(42)59(52-30-15-11-22-41(52)38-19-6-5-7-20-38)54-32-17-13-26-45(54)46-27-18-29-50-56(46)55-43-24-9-8-21-39(43)33-36-51(55)58(50,3)4/h5-37H,1-4H3. The van der Waals surface area contributed by atoms with Gasteiger partial charge < -0.3 is 4.90 Å². The minimum atomic E-state index is -0.146. The highest BCUT2D eigenvalue weighted by Crippen LogP contribution is 2.57. The van der Waals surface area contributed by atoms with Crippen molar-refractivity contribution >= 4 is 27.8 Å². The molecule has 0 bridgehead atoms. The SMILES string of the molecule is CC1(C)c2ccccc2-c2cc(-c3ccccc3N(c3ccccc3-c3ccccc3)c3ccccc3-c3cccc4c3-c3c(ccc5ccccc35)C4(C)C)ccc21. The van der Waals surface area contributed by atoms with Gasteiger partial charge in [-0.3, -0.25) is 0 Å². The third-order valence-electron chi connectivity index (χ3n) is 13.3. The summed E-state index contributed by atoms with van der Waals surface area (Å²) in [5.74, 6) is 0. The Morgan fingerprint density at radius 3 is 1.54 bits per heavy atom. The van der Waals surface area contributed by atoms with Crippen LogP contribution in [-0.4, -0.2) is 0 Å². The fourth-order valence-corrected chi connectivity index (χ4v) is 10.4. The number of hydrogen-bond donors (Lipinski definition) is 0. The van der Waals surface area contributed by atoms with E-state index in [-0.39, 0.29) is 10.8 Å². The monoisotopic (exact) mass is 755 g/mol. The van der Waals surface area contributed by atoms with Crippen LogP contribution in [0.25, 0.3) is 66.4 Å². The van der Waals surface area contributed by atoms with Crippen LogP contribution in [-0.2, 0) is 10.8 Å². The fourth-order valence-electron chi connectivity index (χ4n) is 10.4. The molecule has 0 spiro atoms. The van der Waals surface area contributed by atoms with E-state index in [0.29, 0.717) is 0 Å². The molecule has 0 N–H and O–H groups in total. The predicted molar refractivity (Wildman–Crippen MR) is 250 cm³/mol. The summed E-state index contributed by atoms with van der Waals surface area (Å²) in [6.07, 6.45) is 0. The Morgan fingerprint density at radius 1 is 0.305 bits per heavy atom. The van der Waals surface area contributed by atoms with Gasteiger partial charge in [0.25, 0.3) is 0 Å². The van der Waals surface area contributed by atoms with Crippen LogP contribution in [0.5, 0.6) is 0 Å². The Morgan fingerprint density at radius 2 is 0.797 bits per heavy atom. The first kappa shape index (κ1) is 35.2. The highest BCUT2D eigenvalue weighted by molar-refractivity contribution is 6.08. The molecular weight excluding hydrogens is 711 g/mol. The van der Waals surface area contributed by atoms with E-state index in [0.717, 1.165) is 17.1 Å².